The number of pyridine rings is 1. The van der Waals surface area contributed by atoms with Crippen LogP contribution in [0.1, 0.15) is 31.2 Å². The van der Waals surface area contributed by atoms with Crippen LogP contribution in [0.15, 0.2) is 22.9 Å². The molecule has 2 N–H and O–H groups in total. The van der Waals surface area contributed by atoms with Crippen LogP contribution in [-0.4, -0.2) is 22.0 Å². The van der Waals surface area contributed by atoms with E-state index in [2.05, 4.69) is 26.2 Å². The van der Waals surface area contributed by atoms with E-state index in [1.54, 1.807) is 19.1 Å². The third-order valence-electron chi connectivity index (χ3n) is 2.82. The highest BCUT2D eigenvalue weighted by Crippen LogP contribution is 2.32. The topological polar surface area (TPSA) is 79.3 Å². The van der Waals surface area contributed by atoms with Crippen molar-refractivity contribution in [1.29, 1.82) is 0 Å². The maximum atomic E-state index is 12.1. The SMILES string of the molecule is Cc1sc(NC(=O)c2ccc(Br)nc2)c(C(=O)O)c1C. The van der Waals surface area contributed by atoms with Crippen molar-refractivity contribution in [3.63, 3.8) is 0 Å². The van der Waals surface area contributed by atoms with Crippen LogP contribution in [0.25, 0.3) is 0 Å². The average Bonchev–Trinajstić information content (AvgIpc) is 2.65. The number of halogens is 1. The molecule has 0 spiro atoms. The van der Waals surface area contributed by atoms with Gasteiger partial charge in [-0.2, -0.15) is 0 Å². The van der Waals surface area contributed by atoms with Crippen LogP contribution in [0.5, 0.6) is 0 Å². The molecule has 20 heavy (non-hydrogen) atoms. The Labute approximate surface area is 127 Å². The fraction of sp³-hybridized carbons (Fsp3) is 0.154. The number of carbonyl (C=O) groups excluding carboxylic acids is 1. The molecule has 0 atom stereocenters. The van der Waals surface area contributed by atoms with Crippen molar-refractivity contribution in [3.05, 3.63) is 44.5 Å². The number of carboxylic acid groups (broad SMARTS) is 1. The second kappa shape index (κ2) is 5.72. The van der Waals surface area contributed by atoms with Crippen LogP contribution in [-0.2, 0) is 0 Å². The molecule has 0 unspecified atom stereocenters. The normalized spacial score (nSPS) is 10.3. The van der Waals surface area contributed by atoms with Gasteiger partial charge in [-0.25, -0.2) is 9.78 Å². The van der Waals surface area contributed by atoms with Gasteiger partial charge in [0.1, 0.15) is 9.60 Å². The van der Waals surface area contributed by atoms with Crippen molar-refractivity contribution in [2.75, 3.05) is 5.32 Å². The van der Waals surface area contributed by atoms with Crippen LogP contribution >= 0.6 is 27.3 Å². The Kier molecular flexibility index (Phi) is 4.20. The lowest BCUT2D eigenvalue weighted by Crippen LogP contribution is -2.13. The van der Waals surface area contributed by atoms with Crippen LogP contribution in [0.2, 0.25) is 0 Å². The van der Waals surface area contributed by atoms with E-state index in [0.29, 0.717) is 20.7 Å². The number of nitrogens with one attached hydrogen (secondary N) is 1. The van der Waals surface area contributed by atoms with E-state index >= 15 is 0 Å². The van der Waals surface area contributed by atoms with E-state index < -0.39 is 5.97 Å². The number of rotatable bonds is 3. The summed E-state index contributed by atoms with van der Waals surface area (Å²) in [6, 6.07) is 3.26. The van der Waals surface area contributed by atoms with Gasteiger partial charge in [0.15, 0.2) is 0 Å². The molecule has 2 aromatic heterocycles. The molecular formula is C13H11BrN2O3S. The first-order chi connectivity index (χ1) is 9.40. The van der Waals surface area contributed by atoms with Crippen LogP contribution < -0.4 is 5.32 Å². The lowest BCUT2D eigenvalue weighted by atomic mass is 10.1. The number of aryl methyl sites for hydroxylation is 1. The van der Waals surface area contributed by atoms with Gasteiger partial charge in [-0.15, -0.1) is 11.3 Å². The van der Waals surface area contributed by atoms with Crippen molar-refractivity contribution < 1.29 is 14.7 Å². The summed E-state index contributed by atoms with van der Waals surface area (Å²) in [5.41, 5.74) is 1.19. The van der Waals surface area contributed by atoms with Gasteiger partial charge < -0.3 is 10.4 Å². The number of aromatic carboxylic acids is 1. The molecule has 0 fully saturated rings. The Morgan fingerprint density at radius 2 is 2.05 bits per heavy atom. The average molecular weight is 355 g/mol. The molecule has 0 aliphatic heterocycles. The van der Waals surface area contributed by atoms with Crippen molar-refractivity contribution in [2.24, 2.45) is 0 Å². The van der Waals surface area contributed by atoms with Gasteiger partial charge in [0.2, 0.25) is 0 Å². The summed E-state index contributed by atoms with van der Waals surface area (Å²) in [7, 11) is 0. The number of aromatic nitrogens is 1. The van der Waals surface area contributed by atoms with Gasteiger partial charge in [0, 0.05) is 11.1 Å². The van der Waals surface area contributed by atoms with Crippen molar-refractivity contribution in [1.82, 2.24) is 4.98 Å². The molecule has 0 saturated heterocycles. The zero-order chi connectivity index (χ0) is 14.9. The van der Waals surface area contributed by atoms with E-state index in [4.69, 9.17) is 0 Å². The first-order valence-electron chi connectivity index (χ1n) is 5.66. The number of hydrogen-bond acceptors (Lipinski definition) is 4. The predicted molar refractivity (Wildman–Crippen MR) is 80.6 cm³/mol. The molecule has 2 heterocycles. The van der Waals surface area contributed by atoms with Gasteiger partial charge in [-0.1, -0.05) is 0 Å². The Balaban J connectivity index is 2.30. The number of amides is 1. The smallest absolute Gasteiger partial charge is 0.338 e. The first-order valence-corrected chi connectivity index (χ1v) is 7.27. The van der Waals surface area contributed by atoms with E-state index in [-0.39, 0.29) is 11.5 Å². The number of thiophene rings is 1. The Hall–Kier alpha value is -1.73. The summed E-state index contributed by atoms with van der Waals surface area (Å²) in [5.74, 6) is -1.43. The van der Waals surface area contributed by atoms with E-state index in [0.717, 1.165) is 4.88 Å². The van der Waals surface area contributed by atoms with E-state index in [1.165, 1.54) is 17.5 Å². The number of hydrogen-bond donors (Lipinski definition) is 2. The van der Waals surface area contributed by atoms with E-state index in [1.807, 2.05) is 6.92 Å². The number of anilines is 1. The molecule has 0 saturated carbocycles. The second-order valence-electron chi connectivity index (χ2n) is 4.12. The summed E-state index contributed by atoms with van der Waals surface area (Å²) in [6.07, 6.45) is 1.42. The third-order valence-corrected chi connectivity index (χ3v) is 4.41. The fourth-order valence-electron chi connectivity index (χ4n) is 1.66. The summed E-state index contributed by atoms with van der Waals surface area (Å²) >= 11 is 4.44. The highest BCUT2D eigenvalue weighted by atomic mass is 79.9. The second-order valence-corrected chi connectivity index (χ2v) is 6.15. The predicted octanol–water partition coefficient (Wildman–Crippen LogP) is 3.47. The zero-order valence-corrected chi connectivity index (χ0v) is 13.1. The molecule has 0 aliphatic carbocycles. The van der Waals surface area contributed by atoms with Gasteiger partial charge in [0.25, 0.3) is 5.91 Å². The number of carboxylic acids is 1. The quantitative estimate of drug-likeness (QED) is 0.827. The highest BCUT2D eigenvalue weighted by molar-refractivity contribution is 9.10. The van der Waals surface area contributed by atoms with Gasteiger partial charge >= 0.3 is 5.97 Å². The summed E-state index contributed by atoms with van der Waals surface area (Å²) in [5, 5.41) is 12.2. The first kappa shape index (κ1) is 14.7. The lowest BCUT2D eigenvalue weighted by Gasteiger charge is -2.04. The van der Waals surface area contributed by atoms with Crippen LogP contribution in [0.3, 0.4) is 0 Å². The minimum absolute atomic E-state index is 0.144. The highest BCUT2D eigenvalue weighted by Gasteiger charge is 2.20. The van der Waals surface area contributed by atoms with E-state index in [9.17, 15) is 14.7 Å². The molecule has 0 radical (unpaired) electrons. The van der Waals surface area contributed by atoms with Crippen molar-refractivity contribution >= 4 is 44.1 Å². The van der Waals surface area contributed by atoms with Crippen LogP contribution in [0.4, 0.5) is 5.00 Å². The Bertz CT molecular complexity index is 680. The maximum absolute atomic E-state index is 12.1. The standard InChI is InChI=1S/C13H11BrN2O3S/c1-6-7(2)20-12(10(6)13(18)19)16-11(17)8-3-4-9(14)15-5-8/h3-5H,1-2H3,(H,16,17)(H,18,19). The van der Waals surface area contributed by atoms with Gasteiger partial charge in [-0.05, 0) is 47.5 Å². The molecule has 5 nitrogen and oxygen atoms in total. The van der Waals surface area contributed by atoms with Gasteiger partial charge in [0.05, 0.1) is 11.1 Å². The number of nitrogens with zero attached hydrogens (tertiary/aromatic N) is 1. The minimum atomic E-state index is -1.05. The molecule has 0 bridgehead atoms. The maximum Gasteiger partial charge on any atom is 0.338 e. The Morgan fingerprint density at radius 3 is 2.60 bits per heavy atom. The molecular weight excluding hydrogens is 344 g/mol. The lowest BCUT2D eigenvalue weighted by molar-refractivity contribution is 0.0697. The fourth-order valence-corrected chi connectivity index (χ4v) is 2.94. The minimum Gasteiger partial charge on any atom is -0.478 e. The summed E-state index contributed by atoms with van der Waals surface area (Å²) < 4.78 is 0.628. The largest absolute Gasteiger partial charge is 0.478 e. The molecule has 7 heteroatoms. The molecule has 2 rings (SSSR count). The van der Waals surface area contributed by atoms with Crippen molar-refractivity contribution in [3.8, 4) is 0 Å². The molecule has 2 aromatic rings. The number of carbonyl (C=O) groups is 2. The molecule has 104 valence electrons. The van der Waals surface area contributed by atoms with Gasteiger partial charge in [-0.3, -0.25) is 4.79 Å². The zero-order valence-electron chi connectivity index (χ0n) is 10.7. The summed E-state index contributed by atoms with van der Waals surface area (Å²) in [4.78, 5) is 28.2. The van der Waals surface area contributed by atoms with Crippen molar-refractivity contribution in [2.45, 2.75) is 13.8 Å². The van der Waals surface area contributed by atoms with Crippen LogP contribution in [0, 0.1) is 13.8 Å². The third kappa shape index (κ3) is 2.88. The monoisotopic (exact) mass is 354 g/mol. The molecule has 1 amide bonds. The molecule has 0 aromatic carbocycles. The Morgan fingerprint density at radius 1 is 1.35 bits per heavy atom. The summed E-state index contributed by atoms with van der Waals surface area (Å²) in [6.45, 7) is 3.55. The molecule has 0 aliphatic rings.